The average Bonchev–Trinajstić information content (AvgIpc) is 2.38. The number of nitrogens with zero attached hydrogens (tertiary/aromatic N) is 1. The minimum absolute atomic E-state index is 0.00432. The fraction of sp³-hybridized carbons (Fsp3) is 0.333. The SMILES string of the molecule is CCNC(=O)CN(C)S(=O)(=O)c1ccc(C(=O)O)cc1. The Morgan fingerprint density at radius 3 is 2.25 bits per heavy atom. The standard InChI is InChI=1S/C12H16N2O5S/c1-3-13-11(15)8-14(2)20(18,19)10-6-4-9(5-7-10)12(16)17/h4-7H,3,8H2,1-2H3,(H,13,15)(H,16,17). The lowest BCUT2D eigenvalue weighted by molar-refractivity contribution is -0.121. The molecule has 8 heteroatoms. The Bertz CT molecular complexity index is 595. The highest BCUT2D eigenvalue weighted by molar-refractivity contribution is 7.89. The van der Waals surface area contributed by atoms with Gasteiger partial charge in [-0.1, -0.05) is 0 Å². The largest absolute Gasteiger partial charge is 0.478 e. The van der Waals surface area contributed by atoms with Crippen molar-refractivity contribution in [2.45, 2.75) is 11.8 Å². The van der Waals surface area contributed by atoms with E-state index in [-0.39, 0.29) is 17.0 Å². The summed E-state index contributed by atoms with van der Waals surface area (Å²) in [6.07, 6.45) is 0. The van der Waals surface area contributed by atoms with Crippen molar-refractivity contribution >= 4 is 21.9 Å². The van der Waals surface area contributed by atoms with Gasteiger partial charge in [0.1, 0.15) is 0 Å². The normalized spacial score (nSPS) is 11.3. The van der Waals surface area contributed by atoms with Crippen molar-refractivity contribution in [3.63, 3.8) is 0 Å². The van der Waals surface area contributed by atoms with E-state index in [0.717, 1.165) is 4.31 Å². The number of aromatic carboxylic acids is 1. The molecule has 1 aromatic rings. The molecule has 0 heterocycles. The lowest BCUT2D eigenvalue weighted by Crippen LogP contribution is -2.38. The number of hydrogen-bond acceptors (Lipinski definition) is 4. The van der Waals surface area contributed by atoms with Crippen LogP contribution in [-0.4, -0.2) is 49.8 Å². The number of carboxylic acid groups (broad SMARTS) is 1. The second-order valence-corrected chi connectivity index (χ2v) is 6.09. The number of carboxylic acids is 1. The maximum atomic E-state index is 12.2. The molecule has 20 heavy (non-hydrogen) atoms. The minimum Gasteiger partial charge on any atom is -0.478 e. The summed E-state index contributed by atoms with van der Waals surface area (Å²) in [7, 11) is -2.53. The minimum atomic E-state index is -3.82. The average molecular weight is 300 g/mol. The van der Waals surface area contributed by atoms with Crippen molar-refractivity contribution in [1.82, 2.24) is 9.62 Å². The highest BCUT2D eigenvalue weighted by Crippen LogP contribution is 2.15. The van der Waals surface area contributed by atoms with E-state index in [1.807, 2.05) is 0 Å². The quantitative estimate of drug-likeness (QED) is 0.778. The van der Waals surface area contributed by atoms with Gasteiger partial charge in [-0.2, -0.15) is 4.31 Å². The van der Waals surface area contributed by atoms with Gasteiger partial charge in [-0.05, 0) is 31.2 Å². The van der Waals surface area contributed by atoms with Gasteiger partial charge in [0.05, 0.1) is 17.0 Å². The van der Waals surface area contributed by atoms with Crippen LogP contribution in [0.3, 0.4) is 0 Å². The summed E-state index contributed by atoms with van der Waals surface area (Å²) >= 11 is 0. The molecule has 110 valence electrons. The number of carbonyl (C=O) groups is 2. The van der Waals surface area contributed by atoms with Crippen molar-refractivity contribution in [3.8, 4) is 0 Å². The van der Waals surface area contributed by atoms with E-state index >= 15 is 0 Å². The van der Waals surface area contributed by atoms with E-state index in [4.69, 9.17) is 5.11 Å². The third-order valence-corrected chi connectivity index (χ3v) is 4.37. The third kappa shape index (κ3) is 3.78. The Morgan fingerprint density at radius 2 is 1.80 bits per heavy atom. The van der Waals surface area contributed by atoms with Gasteiger partial charge in [0.2, 0.25) is 15.9 Å². The Balaban J connectivity index is 2.92. The molecular weight excluding hydrogens is 284 g/mol. The van der Waals surface area contributed by atoms with E-state index in [1.54, 1.807) is 6.92 Å². The van der Waals surface area contributed by atoms with Crippen LogP contribution in [0.25, 0.3) is 0 Å². The van der Waals surface area contributed by atoms with Gasteiger partial charge in [0.25, 0.3) is 0 Å². The molecule has 0 aliphatic heterocycles. The van der Waals surface area contributed by atoms with Crippen LogP contribution < -0.4 is 5.32 Å². The van der Waals surface area contributed by atoms with Crippen LogP contribution in [0.1, 0.15) is 17.3 Å². The molecule has 0 aliphatic carbocycles. The number of nitrogens with one attached hydrogen (secondary N) is 1. The Kier molecular flexibility index (Phi) is 5.23. The molecule has 0 radical (unpaired) electrons. The van der Waals surface area contributed by atoms with Crippen LogP contribution in [0.5, 0.6) is 0 Å². The van der Waals surface area contributed by atoms with E-state index in [2.05, 4.69) is 5.32 Å². The van der Waals surface area contributed by atoms with Crippen LogP contribution in [0.4, 0.5) is 0 Å². The summed E-state index contributed by atoms with van der Waals surface area (Å²) < 4.78 is 25.2. The second-order valence-electron chi connectivity index (χ2n) is 4.04. The van der Waals surface area contributed by atoms with E-state index in [9.17, 15) is 18.0 Å². The maximum absolute atomic E-state index is 12.2. The first-order chi connectivity index (χ1) is 9.28. The summed E-state index contributed by atoms with van der Waals surface area (Å²) in [4.78, 5) is 22.0. The molecule has 0 aliphatic rings. The molecule has 0 fully saturated rings. The number of sulfonamides is 1. The molecule has 2 N–H and O–H groups in total. The zero-order valence-electron chi connectivity index (χ0n) is 11.2. The number of likely N-dealkylation sites (N-methyl/N-ethyl adjacent to an activating group) is 2. The van der Waals surface area contributed by atoms with Gasteiger partial charge in [0.15, 0.2) is 0 Å². The van der Waals surface area contributed by atoms with Crippen LogP contribution >= 0.6 is 0 Å². The molecule has 1 amide bonds. The van der Waals surface area contributed by atoms with Crippen molar-refractivity contribution < 1.29 is 23.1 Å². The lowest BCUT2D eigenvalue weighted by Gasteiger charge is -2.16. The fourth-order valence-corrected chi connectivity index (χ4v) is 2.62. The van der Waals surface area contributed by atoms with Gasteiger partial charge < -0.3 is 10.4 Å². The molecule has 0 atom stereocenters. The number of benzene rings is 1. The monoisotopic (exact) mass is 300 g/mol. The zero-order valence-corrected chi connectivity index (χ0v) is 12.0. The highest BCUT2D eigenvalue weighted by atomic mass is 32.2. The zero-order chi connectivity index (χ0) is 15.3. The van der Waals surface area contributed by atoms with Crippen molar-refractivity contribution in [2.24, 2.45) is 0 Å². The Morgan fingerprint density at radius 1 is 1.25 bits per heavy atom. The Hall–Kier alpha value is -1.93. The first-order valence-corrected chi connectivity index (χ1v) is 7.29. The molecule has 7 nitrogen and oxygen atoms in total. The maximum Gasteiger partial charge on any atom is 0.335 e. The summed E-state index contributed by atoms with van der Waals surface area (Å²) in [6.45, 7) is 1.86. The molecule has 0 unspecified atom stereocenters. The first-order valence-electron chi connectivity index (χ1n) is 5.85. The van der Waals surface area contributed by atoms with E-state index in [1.165, 1.54) is 31.3 Å². The predicted octanol–water partition coefficient (Wildman–Crippen LogP) is 0.141. The molecule has 0 saturated carbocycles. The molecule has 0 bridgehead atoms. The number of hydrogen-bond donors (Lipinski definition) is 2. The number of carbonyl (C=O) groups excluding carboxylic acids is 1. The number of amides is 1. The second kappa shape index (κ2) is 6.49. The van der Waals surface area contributed by atoms with Crippen molar-refractivity contribution in [3.05, 3.63) is 29.8 Å². The van der Waals surface area contributed by atoms with E-state index < -0.39 is 21.9 Å². The van der Waals surface area contributed by atoms with Gasteiger partial charge >= 0.3 is 5.97 Å². The van der Waals surface area contributed by atoms with Crippen LogP contribution in [-0.2, 0) is 14.8 Å². The molecular formula is C12H16N2O5S. The van der Waals surface area contributed by atoms with Gasteiger partial charge in [-0.25, -0.2) is 13.2 Å². The molecule has 0 saturated heterocycles. The molecule has 1 rings (SSSR count). The summed E-state index contributed by atoms with van der Waals surface area (Å²) in [5, 5.41) is 11.3. The molecule has 0 spiro atoms. The topological polar surface area (TPSA) is 104 Å². The van der Waals surface area contributed by atoms with Gasteiger partial charge in [-0.3, -0.25) is 4.79 Å². The van der Waals surface area contributed by atoms with Gasteiger partial charge in [-0.15, -0.1) is 0 Å². The van der Waals surface area contributed by atoms with Crippen LogP contribution in [0.2, 0.25) is 0 Å². The molecule has 0 aromatic heterocycles. The van der Waals surface area contributed by atoms with Crippen molar-refractivity contribution in [2.75, 3.05) is 20.1 Å². The molecule has 1 aromatic carbocycles. The smallest absolute Gasteiger partial charge is 0.335 e. The Labute approximate surface area is 117 Å². The predicted molar refractivity (Wildman–Crippen MR) is 71.9 cm³/mol. The first kappa shape index (κ1) is 16.1. The van der Waals surface area contributed by atoms with Crippen LogP contribution in [0.15, 0.2) is 29.2 Å². The highest BCUT2D eigenvalue weighted by Gasteiger charge is 2.22. The van der Waals surface area contributed by atoms with Crippen molar-refractivity contribution in [1.29, 1.82) is 0 Å². The third-order valence-electron chi connectivity index (χ3n) is 2.55. The van der Waals surface area contributed by atoms with Crippen LogP contribution in [0, 0.1) is 0 Å². The summed E-state index contributed by atoms with van der Waals surface area (Å²) in [5.74, 6) is -1.54. The summed E-state index contributed by atoms with van der Waals surface area (Å²) in [6, 6.07) is 4.81. The summed E-state index contributed by atoms with van der Waals surface area (Å²) in [5.41, 5.74) is -0.00432. The van der Waals surface area contributed by atoms with Gasteiger partial charge in [0, 0.05) is 13.6 Å². The lowest BCUT2D eigenvalue weighted by atomic mass is 10.2. The van der Waals surface area contributed by atoms with E-state index in [0.29, 0.717) is 6.54 Å². The fourth-order valence-electron chi connectivity index (χ4n) is 1.49. The number of rotatable bonds is 6.